The monoisotopic (exact) mass is 248 g/mol. The Balaban J connectivity index is 0.00000128. The number of amides is 1. The van der Waals surface area contributed by atoms with Crippen LogP contribution in [-0.4, -0.2) is 38.8 Å². The third kappa shape index (κ3) is 3.92. The number of carbonyl (C=O) groups excluding carboxylic acids is 1. The largest absolute Gasteiger partial charge is 0.381 e. The Bertz CT molecular complexity index is 214. The van der Waals surface area contributed by atoms with Gasteiger partial charge >= 0.3 is 0 Å². The summed E-state index contributed by atoms with van der Waals surface area (Å²) < 4.78 is 5.38. The molecule has 94 valence electrons. The summed E-state index contributed by atoms with van der Waals surface area (Å²) in [5.41, 5.74) is 0. The average molecular weight is 249 g/mol. The van der Waals surface area contributed by atoms with E-state index >= 15 is 0 Å². The third-order valence-corrected chi connectivity index (χ3v) is 3.25. The molecule has 2 heterocycles. The van der Waals surface area contributed by atoms with Gasteiger partial charge in [0.2, 0.25) is 5.91 Å². The van der Waals surface area contributed by atoms with Crippen LogP contribution in [0.15, 0.2) is 0 Å². The number of carbonyl (C=O) groups is 1. The minimum absolute atomic E-state index is 0. The number of rotatable bonds is 3. The van der Waals surface area contributed by atoms with Crippen molar-refractivity contribution in [3.63, 3.8) is 0 Å². The molecule has 0 spiro atoms. The highest BCUT2D eigenvalue weighted by atomic mass is 35.5. The average Bonchev–Trinajstić information content (AvgIpc) is 2.81. The smallest absolute Gasteiger partial charge is 0.224 e. The Kier molecular flexibility index (Phi) is 6.09. The van der Waals surface area contributed by atoms with Crippen LogP contribution < -0.4 is 10.6 Å². The van der Waals surface area contributed by atoms with E-state index in [1.165, 1.54) is 6.42 Å². The van der Waals surface area contributed by atoms with E-state index in [9.17, 15) is 4.79 Å². The SMILES string of the molecule is Cl.O=C(NCC1CCCOC1)[C@@H]1CCNC1. The number of hydrogen-bond acceptors (Lipinski definition) is 3. The lowest BCUT2D eigenvalue weighted by Gasteiger charge is -2.22. The van der Waals surface area contributed by atoms with E-state index in [1.807, 2.05) is 0 Å². The number of halogens is 1. The van der Waals surface area contributed by atoms with Gasteiger partial charge in [0.25, 0.3) is 0 Å². The lowest BCUT2D eigenvalue weighted by Crippen LogP contribution is -2.37. The fraction of sp³-hybridized carbons (Fsp3) is 0.909. The summed E-state index contributed by atoms with van der Waals surface area (Å²) in [6, 6.07) is 0. The van der Waals surface area contributed by atoms with E-state index in [0.29, 0.717) is 5.92 Å². The van der Waals surface area contributed by atoms with Crippen LogP contribution in [0.2, 0.25) is 0 Å². The Morgan fingerprint density at radius 2 is 2.31 bits per heavy atom. The summed E-state index contributed by atoms with van der Waals surface area (Å²) in [7, 11) is 0. The van der Waals surface area contributed by atoms with Crippen molar-refractivity contribution in [2.45, 2.75) is 19.3 Å². The fourth-order valence-corrected chi connectivity index (χ4v) is 2.24. The van der Waals surface area contributed by atoms with Gasteiger partial charge in [-0.05, 0) is 31.7 Å². The van der Waals surface area contributed by atoms with Gasteiger partial charge in [0, 0.05) is 19.7 Å². The lowest BCUT2D eigenvalue weighted by atomic mass is 10.0. The second-order valence-corrected chi connectivity index (χ2v) is 4.52. The van der Waals surface area contributed by atoms with Crippen molar-refractivity contribution in [3.05, 3.63) is 0 Å². The van der Waals surface area contributed by atoms with Crippen LogP contribution in [0.25, 0.3) is 0 Å². The molecule has 2 aliphatic heterocycles. The molecule has 5 heteroatoms. The molecule has 2 saturated heterocycles. The Morgan fingerprint density at radius 1 is 1.44 bits per heavy atom. The first-order valence-electron chi connectivity index (χ1n) is 5.92. The van der Waals surface area contributed by atoms with Crippen molar-refractivity contribution in [2.75, 3.05) is 32.8 Å². The van der Waals surface area contributed by atoms with Crippen molar-refractivity contribution < 1.29 is 9.53 Å². The zero-order valence-corrected chi connectivity index (χ0v) is 10.4. The minimum Gasteiger partial charge on any atom is -0.381 e. The molecule has 2 aliphatic rings. The van der Waals surface area contributed by atoms with Gasteiger partial charge in [0.1, 0.15) is 0 Å². The van der Waals surface area contributed by atoms with Gasteiger partial charge in [0.15, 0.2) is 0 Å². The summed E-state index contributed by atoms with van der Waals surface area (Å²) >= 11 is 0. The quantitative estimate of drug-likeness (QED) is 0.768. The first-order chi connectivity index (χ1) is 7.36. The molecule has 2 rings (SSSR count). The van der Waals surface area contributed by atoms with Crippen LogP contribution in [0.3, 0.4) is 0 Å². The van der Waals surface area contributed by atoms with Crippen LogP contribution in [0.4, 0.5) is 0 Å². The maximum atomic E-state index is 11.7. The number of hydrogen-bond donors (Lipinski definition) is 2. The first-order valence-corrected chi connectivity index (χ1v) is 5.92. The van der Waals surface area contributed by atoms with E-state index in [4.69, 9.17) is 4.74 Å². The molecule has 0 aromatic rings. The van der Waals surface area contributed by atoms with E-state index in [0.717, 1.165) is 45.7 Å². The van der Waals surface area contributed by atoms with Crippen LogP contribution in [0, 0.1) is 11.8 Å². The normalized spacial score (nSPS) is 29.5. The lowest BCUT2D eigenvalue weighted by molar-refractivity contribution is -0.124. The molecule has 2 atom stereocenters. The van der Waals surface area contributed by atoms with Crippen molar-refractivity contribution in [3.8, 4) is 0 Å². The van der Waals surface area contributed by atoms with Gasteiger partial charge in [-0.15, -0.1) is 12.4 Å². The molecule has 0 bridgehead atoms. The van der Waals surface area contributed by atoms with Gasteiger partial charge in [-0.3, -0.25) is 4.79 Å². The number of nitrogens with one attached hydrogen (secondary N) is 2. The van der Waals surface area contributed by atoms with Crippen LogP contribution in [0.1, 0.15) is 19.3 Å². The standard InChI is InChI=1S/C11H20N2O2.ClH/c14-11(10-3-4-12-7-10)13-6-9-2-1-5-15-8-9;/h9-10,12H,1-8H2,(H,13,14);1H/t9?,10-;/m1./s1. The third-order valence-electron chi connectivity index (χ3n) is 3.25. The van der Waals surface area contributed by atoms with E-state index in [1.54, 1.807) is 0 Å². The highest BCUT2D eigenvalue weighted by Crippen LogP contribution is 2.13. The van der Waals surface area contributed by atoms with E-state index < -0.39 is 0 Å². The summed E-state index contributed by atoms with van der Waals surface area (Å²) in [5, 5.41) is 6.24. The number of ether oxygens (including phenoxy) is 1. The molecule has 0 saturated carbocycles. The fourth-order valence-electron chi connectivity index (χ4n) is 2.24. The Labute approximate surface area is 103 Å². The molecule has 4 nitrogen and oxygen atoms in total. The molecular weight excluding hydrogens is 228 g/mol. The molecule has 2 N–H and O–H groups in total. The van der Waals surface area contributed by atoms with Crippen LogP contribution in [-0.2, 0) is 9.53 Å². The molecule has 0 aromatic carbocycles. The Hall–Kier alpha value is -0.320. The summed E-state index contributed by atoms with van der Waals surface area (Å²) in [6.45, 7) is 4.30. The molecule has 0 aliphatic carbocycles. The van der Waals surface area contributed by atoms with Gasteiger partial charge in [-0.2, -0.15) is 0 Å². The minimum atomic E-state index is 0. The van der Waals surface area contributed by atoms with E-state index in [2.05, 4.69) is 10.6 Å². The molecule has 1 amide bonds. The van der Waals surface area contributed by atoms with E-state index in [-0.39, 0.29) is 24.2 Å². The summed E-state index contributed by atoms with van der Waals surface area (Å²) in [6.07, 6.45) is 3.29. The predicted octanol–water partition coefficient (Wildman–Crippen LogP) is 0.560. The predicted molar refractivity (Wildman–Crippen MR) is 64.8 cm³/mol. The van der Waals surface area contributed by atoms with Crippen molar-refractivity contribution in [1.29, 1.82) is 0 Å². The zero-order chi connectivity index (χ0) is 10.5. The molecular formula is C11H21ClN2O2. The van der Waals surface area contributed by atoms with Crippen LogP contribution >= 0.6 is 12.4 Å². The maximum absolute atomic E-state index is 11.7. The molecule has 0 radical (unpaired) electrons. The Morgan fingerprint density at radius 3 is 2.94 bits per heavy atom. The van der Waals surface area contributed by atoms with Gasteiger partial charge in [0.05, 0.1) is 12.5 Å². The first kappa shape index (κ1) is 13.7. The second-order valence-electron chi connectivity index (χ2n) is 4.52. The van der Waals surface area contributed by atoms with Crippen LogP contribution in [0.5, 0.6) is 0 Å². The molecule has 0 aromatic heterocycles. The van der Waals surface area contributed by atoms with Crippen molar-refractivity contribution in [1.82, 2.24) is 10.6 Å². The molecule has 2 fully saturated rings. The van der Waals surface area contributed by atoms with Gasteiger partial charge in [-0.25, -0.2) is 0 Å². The topological polar surface area (TPSA) is 50.4 Å². The highest BCUT2D eigenvalue weighted by molar-refractivity contribution is 5.85. The molecule has 1 unspecified atom stereocenters. The molecule has 16 heavy (non-hydrogen) atoms. The zero-order valence-electron chi connectivity index (χ0n) is 9.54. The second kappa shape index (κ2) is 7.09. The maximum Gasteiger partial charge on any atom is 0.224 e. The highest BCUT2D eigenvalue weighted by Gasteiger charge is 2.23. The summed E-state index contributed by atoms with van der Waals surface area (Å²) in [5.74, 6) is 0.928. The van der Waals surface area contributed by atoms with Gasteiger partial charge in [-0.1, -0.05) is 0 Å². The summed E-state index contributed by atoms with van der Waals surface area (Å²) in [4.78, 5) is 11.7. The van der Waals surface area contributed by atoms with Gasteiger partial charge < -0.3 is 15.4 Å². The van der Waals surface area contributed by atoms with Crippen molar-refractivity contribution in [2.24, 2.45) is 11.8 Å². The van der Waals surface area contributed by atoms with Crippen molar-refractivity contribution >= 4 is 18.3 Å².